The number of hydrogen-bond acceptors (Lipinski definition) is 3. The molecule has 0 fully saturated rings. The summed E-state index contributed by atoms with van der Waals surface area (Å²) >= 11 is 1.73. The van der Waals surface area contributed by atoms with Gasteiger partial charge in [-0.25, -0.2) is 4.39 Å². The van der Waals surface area contributed by atoms with E-state index in [2.05, 4.69) is 31.1 Å². The van der Waals surface area contributed by atoms with Gasteiger partial charge >= 0.3 is 0 Å². The standard InChI is InChI=1S/C17H17FN2S/c1-20(2)17-15(12-6-4-3-5-7-12)19-16(21-17)13-8-10-14(18)11-9-13/h3-11,15,17H,1-2H3/t15-,17+/m1/s1. The Morgan fingerprint density at radius 2 is 1.67 bits per heavy atom. The lowest BCUT2D eigenvalue weighted by molar-refractivity contribution is 0.349. The van der Waals surface area contributed by atoms with Crippen molar-refractivity contribution in [2.24, 2.45) is 4.99 Å². The summed E-state index contributed by atoms with van der Waals surface area (Å²) in [6.07, 6.45) is 0. The first-order valence-corrected chi connectivity index (χ1v) is 7.75. The number of thioether (sulfide) groups is 1. The molecule has 2 aromatic rings. The lowest BCUT2D eigenvalue weighted by Crippen LogP contribution is -2.28. The lowest BCUT2D eigenvalue weighted by Gasteiger charge is -2.24. The zero-order valence-corrected chi connectivity index (χ0v) is 12.8. The van der Waals surface area contributed by atoms with Crippen molar-refractivity contribution in [3.8, 4) is 0 Å². The Bertz CT molecular complexity index is 638. The molecule has 0 aliphatic carbocycles. The second-order valence-electron chi connectivity index (χ2n) is 5.27. The molecule has 21 heavy (non-hydrogen) atoms. The molecule has 108 valence electrons. The highest BCUT2D eigenvalue weighted by Crippen LogP contribution is 2.40. The summed E-state index contributed by atoms with van der Waals surface area (Å²) in [6.45, 7) is 0. The van der Waals surface area contributed by atoms with Crippen molar-refractivity contribution in [1.29, 1.82) is 0 Å². The molecule has 2 aromatic carbocycles. The average molecular weight is 300 g/mol. The lowest BCUT2D eigenvalue weighted by atomic mass is 10.1. The molecule has 4 heteroatoms. The summed E-state index contributed by atoms with van der Waals surface area (Å²) in [7, 11) is 4.13. The minimum absolute atomic E-state index is 0.103. The Labute approximate surface area is 128 Å². The molecule has 0 saturated carbocycles. The van der Waals surface area contributed by atoms with Crippen LogP contribution in [0.5, 0.6) is 0 Å². The van der Waals surface area contributed by atoms with Gasteiger partial charge in [0.25, 0.3) is 0 Å². The average Bonchev–Trinajstić information content (AvgIpc) is 2.94. The fraction of sp³-hybridized carbons (Fsp3) is 0.235. The van der Waals surface area contributed by atoms with Crippen LogP contribution in [0.4, 0.5) is 4.39 Å². The molecule has 0 N–H and O–H groups in total. The predicted molar refractivity (Wildman–Crippen MR) is 87.2 cm³/mol. The predicted octanol–water partition coefficient (Wildman–Crippen LogP) is 3.95. The van der Waals surface area contributed by atoms with Gasteiger partial charge in [-0.15, -0.1) is 0 Å². The highest BCUT2D eigenvalue weighted by Gasteiger charge is 2.33. The zero-order valence-electron chi connectivity index (χ0n) is 12.0. The van der Waals surface area contributed by atoms with E-state index in [0.29, 0.717) is 0 Å². The smallest absolute Gasteiger partial charge is 0.123 e. The monoisotopic (exact) mass is 300 g/mol. The van der Waals surface area contributed by atoms with Crippen molar-refractivity contribution in [2.75, 3.05) is 14.1 Å². The second kappa shape index (κ2) is 6.00. The van der Waals surface area contributed by atoms with Crippen molar-refractivity contribution in [2.45, 2.75) is 11.4 Å². The number of nitrogens with zero attached hydrogens (tertiary/aromatic N) is 2. The van der Waals surface area contributed by atoms with Crippen LogP contribution in [0.15, 0.2) is 59.6 Å². The molecule has 2 nitrogen and oxygen atoms in total. The van der Waals surface area contributed by atoms with Crippen LogP contribution in [0.2, 0.25) is 0 Å². The van der Waals surface area contributed by atoms with Crippen molar-refractivity contribution in [3.63, 3.8) is 0 Å². The van der Waals surface area contributed by atoms with E-state index in [1.807, 2.05) is 18.2 Å². The summed E-state index contributed by atoms with van der Waals surface area (Å²) in [4.78, 5) is 7.06. The zero-order chi connectivity index (χ0) is 14.8. The first kappa shape index (κ1) is 14.3. The highest BCUT2D eigenvalue weighted by molar-refractivity contribution is 8.15. The minimum Gasteiger partial charge on any atom is -0.295 e. The van der Waals surface area contributed by atoms with Gasteiger partial charge in [0.05, 0.1) is 5.37 Å². The summed E-state index contributed by atoms with van der Waals surface area (Å²) in [5, 5.41) is 1.23. The van der Waals surface area contributed by atoms with E-state index in [1.165, 1.54) is 17.7 Å². The van der Waals surface area contributed by atoms with Gasteiger partial charge in [0.2, 0.25) is 0 Å². The van der Waals surface area contributed by atoms with E-state index in [-0.39, 0.29) is 17.2 Å². The SMILES string of the molecule is CN(C)[C@H]1SC(c2ccc(F)cc2)=N[C@@H]1c1ccccc1. The first-order chi connectivity index (χ1) is 10.1. The van der Waals surface area contributed by atoms with E-state index in [1.54, 1.807) is 23.9 Å². The molecule has 1 aliphatic rings. The topological polar surface area (TPSA) is 15.6 Å². The Morgan fingerprint density at radius 3 is 2.29 bits per heavy atom. The van der Waals surface area contributed by atoms with Crippen LogP contribution in [0.25, 0.3) is 0 Å². The van der Waals surface area contributed by atoms with E-state index in [9.17, 15) is 4.39 Å². The van der Waals surface area contributed by atoms with Crippen LogP contribution in [0, 0.1) is 5.82 Å². The Hall–Kier alpha value is -1.65. The molecule has 0 amide bonds. The van der Waals surface area contributed by atoms with Crippen LogP contribution in [0.1, 0.15) is 17.2 Å². The van der Waals surface area contributed by atoms with Crippen LogP contribution >= 0.6 is 11.8 Å². The number of likely N-dealkylation sites (N-methyl/N-ethyl adjacent to an activating group) is 1. The second-order valence-corrected chi connectivity index (χ2v) is 6.37. The van der Waals surface area contributed by atoms with Gasteiger partial charge in [-0.05, 0) is 43.9 Å². The summed E-state index contributed by atoms with van der Waals surface area (Å²) in [5.74, 6) is -0.217. The van der Waals surface area contributed by atoms with Gasteiger partial charge in [0, 0.05) is 5.56 Å². The van der Waals surface area contributed by atoms with Gasteiger partial charge < -0.3 is 0 Å². The van der Waals surface area contributed by atoms with Crippen molar-refractivity contribution in [3.05, 3.63) is 71.5 Å². The van der Waals surface area contributed by atoms with Crippen LogP contribution in [0.3, 0.4) is 0 Å². The number of aliphatic imine (C=N–C) groups is 1. The molecule has 0 radical (unpaired) electrons. The fourth-order valence-electron chi connectivity index (χ4n) is 2.41. The molecule has 0 spiro atoms. The molecule has 1 aliphatic heterocycles. The number of benzene rings is 2. The van der Waals surface area contributed by atoms with E-state index < -0.39 is 0 Å². The molecule has 3 rings (SSSR count). The Kier molecular flexibility index (Phi) is 4.08. The van der Waals surface area contributed by atoms with Crippen LogP contribution < -0.4 is 0 Å². The first-order valence-electron chi connectivity index (χ1n) is 6.87. The maximum atomic E-state index is 13.1. The molecule has 1 heterocycles. The van der Waals surface area contributed by atoms with Crippen LogP contribution in [-0.4, -0.2) is 29.4 Å². The Balaban J connectivity index is 1.95. The van der Waals surface area contributed by atoms with Gasteiger partial charge in [-0.2, -0.15) is 0 Å². The maximum absolute atomic E-state index is 13.1. The van der Waals surface area contributed by atoms with E-state index in [0.717, 1.165) is 10.6 Å². The third-order valence-corrected chi connectivity index (χ3v) is 4.99. The normalized spacial score (nSPS) is 21.6. The van der Waals surface area contributed by atoms with Gasteiger partial charge in [-0.1, -0.05) is 42.1 Å². The summed E-state index contributed by atoms with van der Waals surface area (Å²) < 4.78 is 13.1. The molecular weight excluding hydrogens is 283 g/mol. The molecule has 0 unspecified atom stereocenters. The van der Waals surface area contributed by atoms with Gasteiger partial charge in [0.15, 0.2) is 0 Å². The highest BCUT2D eigenvalue weighted by atomic mass is 32.2. The van der Waals surface area contributed by atoms with Gasteiger partial charge in [0.1, 0.15) is 16.9 Å². The fourth-order valence-corrected chi connectivity index (χ4v) is 3.64. The number of halogens is 1. The quantitative estimate of drug-likeness (QED) is 0.853. The molecular formula is C17H17FN2S. The third kappa shape index (κ3) is 3.01. The largest absolute Gasteiger partial charge is 0.295 e. The summed E-state index contributed by atoms with van der Waals surface area (Å²) in [6, 6.07) is 17.0. The van der Waals surface area contributed by atoms with Crippen molar-refractivity contribution < 1.29 is 4.39 Å². The van der Waals surface area contributed by atoms with E-state index >= 15 is 0 Å². The maximum Gasteiger partial charge on any atom is 0.123 e. The molecule has 0 aromatic heterocycles. The van der Waals surface area contributed by atoms with Gasteiger partial charge in [-0.3, -0.25) is 9.89 Å². The van der Waals surface area contributed by atoms with Crippen molar-refractivity contribution >= 4 is 16.8 Å². The number of rotatable bonds is 3. The third-order valence-electron chi connectivity index (χ3n) is 3.50. The molecule has 0 saturated heterocycles. The minimum atomic E-state index is -0.217. The summed E-state index contributed by atoms with van der Waals surface area (Å²) in [5.41, 5.74) is 2.19. The molecule has 2 atom stereocenters. The number of hydrogen-bond donors (Lipinski definition) is 0. The van der Waals surface area contributed by atoms with E-state index in [4.69, 9.17) is 4.99 Å². The molecule has 0 bridgehead atoms. The van der Waals surface area contributed by atoms with Crippen molar-refractivity contribution in [1.82, 2.24) is 4.90 Å². The van der Waals surface area contributed by atoms with Crippen LogP contribution in [-0.2, 0) is 0 Å². The Morgan fingerprint density at radius 1 is 1.00 bits per heavy atom.